The number of carboxylic acid groups (broad SMARTS) is 1. The van der Waals surface area contributed by atoms with Gasteiger partial charge in [0, 0.05) is 12.8 Å². The van der Waals surface area contributed by atoms with Crippen molar-refractivity contribution in [2.75, 3.05) is 47.5 Å². The summed E-state index contributed by atoms with van der Waals surface area (Å²) in [6, 6.07) is 0. The molecule has 0 aliphatic heterocycles. The lowest BCUT2D eigenvalue weighted by atomic mass is 10.0. The van der Waals surface area contributed by atoms with Crippen molar-refractivity contribution in [3.8, 4) is 0 Å². The van der Waals surface area contributed by atoms with Gasteiger partial charge in [-0.3, -0.25) is 9.59 Å². The lowest BCUT2D eigenvalue weighted by molar-refractivity contribution is -0.870. The summed E-state index contributed by atoms with van der Waals surface area (Å²) in [5, 5.41) is 11.8. The molecular weight excluding hydrogens is 863 g/mol. The average Bonchev–Trinajstić information content (AvgIpc) is 3.31. The fourth-order valence-corrected chi connectivity index (χ4v) is 7.40. The molecular formula is C60H103NO8. The van der Waals surface area contributed by atoms with Crippen LogP contribution >= 0.6 is 0 Å². The standard InChI is InChI=1S/C60H103NO8/c1-6-8-10-12-14-16-18-20-22-24-25-26-27-28-29-30-31-32-33-35-37-39-41-43-45-47-49-51-58(63)69-56(55-68-60(59(64)65)66-53-52-61(3,4)5)54-67-57(62)50-48-46-44-42-40-38-36-34-23-21-19-17-15-13-11-9-7-2/h8,10,14,16,20,22,25-26,28-29,31-32,35,37,56,60H,6-7,9,11-13,15,17-19,21,23-24,27,30,33-34,36,38-55H2,1-5H3/b10-8-,16-14-,22-20-,26-25-,29-28-,32-31-,37-35-. The molecule has 0 rings (SSSR count). The SMILES string of the molecule is CC/C=C\C/C=C\C/C=C\C/C=C\C/C=C\C/C=C\C/C=C\CCCCCCCC(=O)OC(COC(=O)CCCCCCCCCCCCCCCCCCC)COC(OCC[N+](C)(C)C)C(=O)[O-]. The van der Waals surface area contributed by atoms with Crippen molar-refractivity contribution in [1.82, 2.24) is 0 Å². The number of quaternary nitrogens is 1. The van der Waals surface area contributed by atoms with Crippen LogP contribution in [0.3, 0.4) is 0 Å². The summed E-state index contributed by atoms with van der Waals surface area (Å²) in [6.07, 6.45) is 63.3. The van der Waals surface area contributed by atoms with E-state index in [1.807, 2.05) is 21.1 Å². The first-order valence-electron chi connectivity index (χ1n) is 27.7. The second-order valence-corrected chi connectivity index (χ2v) is 19.5. The van der Waals surface area contributed by atoms with Gasteiger partial charge in [-0.25, -0.2) is 0 Å². The van der Waals surface area contributed by atoms with Crippen molar-refractivity contribution in [3.05, 3.63) is 85.1 Å². The maximum atomic E-state index is 12.8. The van der Waals surface area contributed by atoms with Gasteiger partial charge < -0.3 is 33.3 Å². The fraction of sp³-hybridized carbons (Fsp3) is 0.717. The molecule has 69 heavy (non-hydrogen) atoms. The first kappa shape index (κ1) is 65.5. The molecule has 0 amide bonds. The highest BCUT2D eigenvalue weighted by molar-refractivity contribution is 5.70. The van der Waals surface area contributed by atoms with Crippen LogP contribution in [0.1, 0.15) is 219 Å². The average molecular weight is 966 g/mol. The first-order valence-corrected chi connectivity index (χ1v) is 27.7. The van der Waals surface area contributed by atoms with Crippen LogP contribution in [0.15, 0.2) is 85.1 Å². The Labute approximate surface area is 423 Å². The molecule has 2 atom stereocenters. The van der Waals surface area contributed by atoms with E-state index in [9.17, 15) is 19.5 Å². The zero-order chi connectivity index (χ0) is 50.6. The summed E-state index contributed by atoms with van der Waals surface area (Å²) in [5.41, 5.74) is 0. The number of hydrogen-bond donors (Lipinski definition) is 0. The highest BCUT2D eigenvalue weighted by Crippen LogP contribution is 2.15. The molecule has 0 N–H and O–H groups in total. The zero-order valence-electron chi connectivity index (χ0n) is 44.9. The van der Waals surface area contributed by atoms with Crippen LogP contribution in [0.25, 0.3) is 0 Å². The number of esters is 2. The minimum atomic E-state index is -1.63. The van der Waals surface area contributed by atoms with Gasteiger partial charge in [0.2, 0.25) is 0 Å². The second kappa shape index (κ2) is 50.8. The van der Waals surface area contributed by atoms with Gasteiger partial charge in [-0.2, -0.15) is 0 Å². The van der Waals surface area contributed by atoms with E-state index >= 15 is 0 Å². The number of nitrogens with zero attached hydrogens (tertiary/aromatic N) is 1. The van der Waals surface area contributed by atoms with E-state index in [1.165, 1.54) is 89.9 Å². The summed E-state index contributed by atoms with van der Waals surface area (Å²) in [4.78, 5) is 37.2. The van der Waals surface area contributed by atoms with E-state index < -0.39 is 24.3 Å². The highest BCUT2D eigenvalue weighted by Gasteiger charge is 2.22. The fourth-order valence-electron chi connectivity index (χ4n) is 7.40. The smallest absolute Gasteiger partial charge is 0.306 e. The summed E-state index contributed by atoms with van der Waals surface area (Å²) in [7, 11) is 5.91. The number of carbonyl (C=O) groups is 3. The minimum Gasteiger partial charge on any atom is -0.545 e. The van der Waals surface area contributed by atoms with Crippen LogP contribution in [0.4, 0.5) is 0 Å². The molecule has 0 bridgehead atoms. The number of likely N-dealkylation sites (N-methyl/N-ethyl adjacent to an activating group) is 1. The monoisotopic (exact) mass is 966 g/mol. The Bertz CT molecular complexity index is 1400. The summed E-state index contributed by atoms with van der Waals surface area (Å²) < 4.78 is 22.7. The Morgan fingerprint density at radius 1 is 0.449 bits per heavy atom. The largest absolute Gasteiger partial charge is 0.545 e. The molecule has 0 heterocycles. The van der Waals surface area contributed by atoms with Gasteiger partial charge in [-0.15, -0.1) is 0 Å². The Morgan fingerprint density at radius 3 is 1.23 bits per heavy atom. The van der Waals surface area contributed by atoms with Crippen LogP contribution in [-0.2, 0) is 33.3 Å². The number of hydrogen-bond acceptors (Lipinski definition) is 8. The Hall–Kier alpha value is -3.53. The molecule has 0 spiro atoms. The molecule has 0 aliphatic carbocycles. The zero-order valence-corrected chi connectivity index (χ0v) is 44.9. The van der Waals surface area contributed by atoms with Crippen molar-refractivity contribution in [3.63, 3.8) is 0 Å². The van der Waals surface area contributed by atoms with E-state index in [4.69, 9.17) is 18.9 Å². The molecule has 9 heteroatoms. The molecule has 0 saturated carbocycles. The van der Waals surface area contributed by atoms with Gasteiger partial charge in [0.05, 0.1) is 40.3 Å². The minimum absolute atomic E-state index is 0.140. The quantitative estimate of drug-likeness (QED) is 0.0195. The van der Waals surface area contributed by atoms with Crippen molar-refractivity contribution < 1.29 is 42.9 Å². The van der Waals surface area contributed by atoms with Gasteiger partial charge in [0.25, 0.3) is 0 Å². The Balaban J connectivity index is 4.34. The normalized spacial score (nSPS) is 13.5. The van der Waals surface area contributed by atoms with Gasteiger partial charge >= 0.3 is 11.9 Å². The molecule has 0 aromatic heterocycles. The predicted molar refractivity (Wildman–Crippen MR) is 288 cm³/mol. The second-order valence-electron chi connectivity index (χ2n) is 19.5. The molecule has 396 valence electrons. The molecule has 0 fully saturated rings. The number of carbonyl (C=O) groups excluding carboxylic acids is 3. The lowest BCUT2D eigenvalue weighted by Gasteiger charge is -2.26. The number of aliphatic carboxylic acids is 1. The van der Waals surface area contributed by atoms with E-state index in [1.54, 1.807) is 0 Å². The Kier molecular flexibility index (Phi) is 48.2. The van der Waals surface area contributed by atoms with E-state index in [0.29, 0.717) is 17.4 Å². The summed E-state index contributed by atoms with van der Waals surface area (Å²) in [6.45, 7) is 4.61. The lowest BCUT2D eigenvalue weighted by Crippen LogP contribution is -2.44. The number of ether oxygens (including phenoxy) is 4. The van der Waals surface area contributed by atoms with E-state index in [2.05, 4.69) is 98.9 Å². The molecule has 0 aromatic rings. The summed E-state index contributed by atoms with van der Waals surface area (Å²) >= 11 is 0. The third-order valence-electron chi connectivity index (χ3n) is 11.7. The number of rotatable bonds is 50. The third-order valence-corrected chi connectivity index (χ3v) is 11.7. The number of carboxylic acids is 1. The molecule has 0 aliphatic rings. The number of allylic oxidation sites excluding steroid dienone is 14. The van der Waals surface area contributed by atoms with Crippen LogP contribution in [0, 0.1) is 0 Å². The molecule has 9 nitrogen and oxygen atoms in total. The third kappa shape index (κ3) is 52.1. The molecule has 2 unspecified atom stereocenters. The van der Waals surface area contributed by atoms with Crippen LogP contribution in [-0.4, -0.2) is 82.3 Å². The van der Waals surface area contributed by atoms with Crippen LogP contribution in [0.2, 0.25) is 0 Å². The maximum absolute atomic E-state index is 12.8. The maximum Gasteiger partial charge on any atom is 0.306 e. The Morgan fingerprint density at radius 2 is 0.826 bits per heavy atom. The summed E-state index contributed by atoms with van der Waals surface area (Å²) in [5.74, 6) is -2.31. The van der Waals surface area contributed by atoms with Crippen molar-refractivity contribution in [1.29, 1.82) is 0 Å². The van der Waals surface area contributed by atoms with Gasteiger partial charge in [0.15, 0.2) is 12.4 Å². The van der Waals surface area contributed by atoms with Gasteiger partial charge in [-0.05, 0) is 70.6 Å². The molecule has 0 radical (unpaired) electrons. The van der Waals surface area contributed by atoms with Crippen LogP contribution in [0.5, 0.6) is 0 Å². The molecule has 0 saturated heterocycles. The van der Waals surface area contributed by atoms with E-state index in [0.717, 1.165) is 96.3 Å². The topological polar surface area (TPSA) is 111 Å². The van der Waals surface area contributed by atoms with Crippen molar-refractivity contribution in [2.45, 2.75) is 232 Å². The van der Waals surface area contributed by atoms with Crippen molar-refractivity contribution in [2.24, 2.45) is 0 Å². The van der Waals surface area contributed by atoms with Crippen molar-refractivity contribution >= 4 is 17.9 Å². The van der Waals surface area contributed by atoms with E-state index in [-0.39, 0.29) is 38.6 Å². The molecule has 0 aromatic carbocycles. The first-order chi connectivity index (χ1) is 33.6. The highest BCUT2D eigenvalue weighted by atomic mass is 16.7. The predicted octanol–water partition coefficient (Wildman–Crippen LogP) is 14.7. The number of unbranched alkanes of at least 4 members (excludes halogenated alkanes) is 21. The van der Waals surface area contributed by atoms with Gasteiger partial charge in [0.1, 0.15) is 13.2 Å². The van der Waals surface area contributed by atoms with Crippen LogP contribution < -0.4 is 5.11 Å². The van der Waals surface area contributed by atoms with Gasteiger partial charge in [-0.1, -0.05) is 221 Å².